The van der Waals surface area contributed by atoms with Crippen molar-refractivity contribution in [2.75, 3.05) is 31.5 Å². The number of carbonyl (C=O) groups is 1. The monoisotopic (exact) mass is 499 g/mol. The van der Waals surface area contributed by atoms with Gasteiger partial charge in [0.1, 0.15) is 0 Å². The zero-order chi connectivity index (χ0) is 24.5. The van der Waals surface area contributed by atoms with Crippen LogP contribution in [0, 0.1) is 12.8 Å². The Labute approximate surface area is 207 Å². The van der Waals surface area contributed by atoms with Gasteiger partial charge in [0.2, 0.25) is 15.9 Å². The third kappa shape index (κ3) is 5.63. The molecule has 9 heteroatoms. The van der Waals surface area contributed by atoms with Gasteiger partial charge in [-0.15, -0.1) is 0 Å². The summed E-state index contributed by atoms with van der Waals surface area (Å²) in [7, 11) is -3.54. The summed E-state index contributed by atoms with van der Waals surface area (Å²) in [4.78, 5) is 15.1. The molecule has 1 atom stereocenters. The molecule has 2 heterocycles. The number of ether oxygens (including phenoxy) is 2. The van der Waals surface area contributed by atoms with Crippen LogP contribution in [0.3, 0.4) is 0 Å². The van der Waals surface area contributed by atoms with E-state index < -0.39 is 15.8 Å². The average Bonchev–Trinajstić information content (AvgIpc) is 3.43. The SMILES string of the molecule is Cc1ccc(S(=O)(=O)NCC2CCCN(CC(=O)Nc3ccc4c(c3)OC3(CCCC3)O4)C2)cc1. The van der Waals surface area contributed by atoms with E-state index in [0.29, 0.717) is 24.5 Å². The molecule has 1 saturated heterocycles. The van der Waals surface area contributed by atoms with E-state index in [9.17, 15) is 13.2 Å². The minimum atomic E-state index is -3.54. The smallest absolute Gasteiger partial charge is 0.251 e. The molecule has 2 fully saturated rings. The predicted molar refractivity (Wildman–Crippen MR) is 133 cm³/mol. The van der Waals surface area contributed by atoms with Crippen molar-refractivity contribution in [3.63, 3.8) is 0 Å². The maximum atomic E-state index is 12.7. The van der Waals surface area contributed by atoms with E-state index in [1.807, 2.05) is 25.1 Å². The Balaban J connectivity index is 1.11. The Kier molecular flexibility index (Phi) is 6.74. The highest BCUT2D eigenvalue weighted by atomic mass is 32.2. The molecule has 3 aliphatic rings. The summed E-state index contributed by atoms with van der Waals surface area (Å²) >= 11 is 0. The number of amides is 1. The van der Waals surface area contributed by atoms with Gasteiger partial charge in [0.05, 0.1) is 11.4 Å². The van der Waals surface area contributed by atoms with Gasteiger partial charge >= 0.3 is 0 Å². The van der Waals surface area contributed by atoms with Crippen molar-refractivity contribution in [1.29, 1.82) is 0 Å². The molecule has 2 aromatic carbocycles. The molecule has 1 unspecified atom stereocenters. The Morgan fingerprint density at radius 3 is 2.57 bits per heavy atom. The summed E-state index contributed by atoms with van der Waals surface area (Å²) < 4.78 is 40.1. The number of likely N-dealkylation sites (tertiary alicyclic amines) is 1. The van der Waals surface area contributed by atoms with Crippen molar-refractivity contribution in [1.82, 2.24) is 9.62 Å². The van der Waals surface area contributed by atoms with E-state index >= 15 is 0 Å². The van der Waals surface area contributed by atoms with Crippen molar-refractivity contribution in [3.05, 3.63) is 48.0 Å². The molecule has 0 bridgehead atoms. The summed E-state index contributed by atoms with van der Waals surface area (Å²) in [6, 6.07) is 12.4. The molecule has 5 rings (SSSR count). The second-order valence-corrected chi connectivity index (χ2v) is 11.7. The minimum Gasteiger partial charge on any atom is -0.448 e. The predicted octanol–water partition coefficient (Wildman–Crippen LogP) is 3.67. The number of aryl methyl sites for hydroxylation is 1. The van der Waals surface area contributed by atoms with E-state index in [4.69, 9.17) is 9.47 Å². The number of nitrogens with zero attached hydrogens (tertiary/aromatic N) is 1. The van der Waals surface area contributed by atoms with Gasteiger partial charge in [-0.1, -0.05) is 17.7 Å². The molecule has 1 aliphatic carbocycles. The lowest BCUT2D eigenvalue weighted by Gasteiger charge is -2.32. The standard InChI is InChI=1S/C26H33N3O5S/c1-19-6-9-22(10-7-19)35(31,32)27-16-20-5-4-14-29(17-20)18-25(30)28-21-8-11-23-24(15-21)34-26(33-23)12-2-3-13-26/h6-11,15,20,27H,2-5,12-14,16-18H2,1H3,(H,28,30). The van der Waals surface area contributed by atoms with Crippen molar-refractivity contribution in [2.45, 2.75) is 56.1 Å². The van der Waals surface area contributed by atoms with E-state index in [1.54, 1.807) is 24.3 Å². The number of nitrogens with one attached hydrogen (secondary N) is 2. The van der Waals surface area contributed by atoms with Gasteiger partial charge in [-0.3, -0.25) is 9.69 Å². The number of hydrogen-bond donors (Lipinski definition) is 2. The van der Waals surface area contributed by atoms with Crippen molar-refractivity contribution < 1.29 is 22.7 Å². The maximum Gasteiger partial charge on any atom is 0.251 e. The third-order valence-corrected chi connectivity index (χ3v) is 8.49. The largest absolute Gasteiger partial charge is 0.448 e. The normalized spacial score (nSPS) is 21.3. The molecular weight excluding hydrogens is 466 g/mol. The molecule has 1 amide bonds. The van der Waals surface area contributed by atoms with Gasteiger partial charge in [0.15, 0.2) is 11.5 Å². The van der Waals surface area contributed by atoms with Crippen LogP contribution in [0.4, 0.5) is 5.69 Å². The molecule has 1 spiro atoms. The van der Waals surface area contributed by atoms with Crippen LogP contribution >= 0.6 is 0 Å². The summed E-state index contributed by atoms with van der Waals surface area (Å²) in [6.45, 7) is 4.04. The fourth-order valence-corrected chi connectivity index (χ4v) is 6.30. The van der Waals surface area contributed by atoms with Crippen LogP contribution in [0.2, 0.25) is 0 Å². The second-order valence-electron chi connectivity index (χ2n) is 9.94. The maximum absolute atomic E-state index is 12.7. The zero-order valence-corrected chi connectivity index (χ0v) is 20.9. The van der Waals surface area contributed by atoms with Gasteiger partial charge in [-0.2, -0.15) is 0 Å². The first-order valence-electron chi connectivity index (χ1n) is 12.4. The van der Waals surface area contributed by atoms with Gasteiger partial charge in [0, 0.05) is 37.7 Å². The molecule has 188 valence electrons. The number of hydrogen-bond acceptors (Lipinski definition) is 6. The lowest BCUT2D eigenvalue weighted by molar-refractivity contribution is -0.117. The zero-order valence-electron chi connectivity index (χ0n) is 20.1. The van der Waals surface area contributed by atoms with Crippen LogP contribution in [-0.2, 0) is 14.8 Å². The molecule has 2 N–H and O–H groups in total. The molecular formula is C26H33N3O5S. The molecule has 2 aromatic rings. The summed E-state index contributed by atoms with van der Waals surface area (Å²) in [5.74, 6) is 0.958. The molecule has 0 aromatic heterocycles. The van der Waals surface area contributed by atoms with Gasteiger partial charge < -0.3 is 14.8 Å². The quantitative estimate of drug-likeness (QED) is 0.604. The van der Waals surface area contributed by atoms with Crippen molar-refractivity contribution in [2.24, 2.45) is 5.92 Å². The van der Waals surface area contributed by atoms with Crippen LogP contribution in [0.25, 0.3) is 0 Å². The first kappa shape index (κ1) is 24.1. The number of fused-ring (bicyclic) bond motifs is 1. The minimum absolute atomic E-state index is 0.0969. The molecule has 2 aliphatic heterocycles. The van der Waals surface area contributed by atoms with Crippen LogP contribution in [-0.4, -0.2) is 51.2 Å². The highest BCUT2D eigenvalue weighted by Gasteiger charge is 2.44. The number of rotatable bonds is 7. The second kappa shape index (κ2) is 9.79. The highest BCUT2D eigenvalue weighted by molar-refractivity contribution is 7.89. The van der Waals surface area contributed by atoms with Crippen molar-refractivity contribution in [3.8, 4) is 11.5 Å². The first-order valence-corrected chi connectivity index (χ1v) is 13.9. The summed E-state index contributed by atoms with van der Waals surface area (Å²) in [5, 5.41) is 2.97. The van der Waals surface area contributed by atoms with Gasteiger partial charge in [0.25, 0.3) is 5.79 Å². The topological polar surface area (TPSA) is 97.0 Å². The molecule has 0 radical (unpaired) electrons. The van der Waals surface area contributed by atoms with Crippen LogP contribution in [0.15, 0.2) is 47.4 Å². The first-order chi connectivity index (χ1) is 16.8. The highest BCUT2D eigenvalue weighted by Crippen LogP contribution is 2.47. The number of piperidine rings is 1. The van der Waals surface area contributed by atoms with Crippen LogP contribution in [0.1, 0.15) is 44.1 Å². The number of carbonyl (C=O) groups excluding carboxylic acids is 1. The summed E-state index contributed by atoms with van der Waals surface area (Å²) in [6.07, 6.45) is 5.83. The van der Waals surface area contributed by atoms with Gasteiger partial charge in [-0.25, -0.2) is 13.1 Å². The lowest BCUT2D eigenvalue weighted by Crippen LogP contribution is -2.43. The fourth-order valence-electron chi connectivity index (χ4n) is 5.18. The molecule has 35 heavy (non-hydrogen) atoms. The summed E-state index contributed by atoms with van der Waals surface area (Å²) in [5.41, 5.74) is 1.70. The van der Waals surface area contributed by atoms with Crippen molar-refractivity contribution >= 4 is 21.6 Å². The lowest BCUT2D eigenvalue weighted by atomic mass is 9.98. The average molecular weight is 500 g/mol. The number of benzene rings is 2. The Hall–Kier alpha value is -2.62. The number of sulfonamides is 1. The van der Waals surface area contributed by atoms with E-state index in [2.05, 4.69) is 14.9 Å². The molecule has 1 saturated carbocycles. The third-order valence-electron chi connectivity index (χ3n) is 7.05. The Morgan fingerprint density at radius 1 is 1.06 bits per heavy atom. The van der Waals surface area contributed by atoms with E-state index in [1.165, 1.54) is 0 Å². The fraction of sp³-hybridized carbons (Fsp3) is 0.500. The van der Waals surface area contributed by atoms with E-state index in [-0.39, 0.29) is 23.3 Å². The Bertz CT molecular complexity index is 1180. The Morgan fingerprint density at radius 2 is 1.80 bits per heavy atom. The molecule has 8 nitrogen and oxygen atoms in total. The van der Waals surface area contributed by atoms with Crippen LogP contribution in [0.5, 0.6) is 11.5 Å². The van der Waals surface area contributed by atoms with Crippen LogP contribution < -0.4 is 19.5 Å². The van der Waals surface area contributed by atoms with E-state index in [0.717, 1.165) is 56.4 Å². The van der Waals surface area contributed by atoms with Gasteiger partial charge in [-0.05, 0) is 69.3 Å². The number of anilines is 1.